The molecule has 2 N–H and O–H groups in total. The zero-order valence-electron chi connectivity index (χ0n) is 16.5. The fourth-order valence-corrected chi connectivity index (χ4v) is 4.44. The number of likely N-dealkylation sites (N-methyl/N-ethyl adjacent to an activating group) is 1. The van der Waals surface area contributed by atoms with Gasteiger partial charge < -0.3 is 10.5 Å². The summed E-state index contributed by atoms with van der Waals surface area (Å²) < 4.78 is 6.04. The Hall–Kier alpha value is -2.71. The van der Waals surface area contributed by atoms with Crippen molar-refractivity contribution in [2.75, 3.05) is 19.6 Å². The Labute approximate surface area is 186 Å². The van der Waals surface area contributed by atoms with Crippen LogP contribution in [-0.2, 0) is 4.74 Å². The molecule has 0 saturated heterocycles. The number of nitrogens with zero attached hydrogens (tertiary/aromatic N) is 2. The minimum absolute atomic E-state index is 0.121. The lowest BCUT2D eigenvalue weighted by atomic mass is 9.80. The van der Waals surface area contributed by atoms with E-state index in [1.165, 1.54) is 0 Å². The highest BCUT2D eigenvalue weighted by Crippen LogP contribution is 2.45. The molecule has 2 heterocycles. The first-order valence-electron chi connectivity index (χ1n) is 9.76. The third kappa shape index (κ3) is 3.73. The maximum absolute atomic E-state index is 9.86. The minimum atomic E-state index is -0.351. The fraction of sp³-hybridized carbons (Fsp3) is 0.208. The number of benzene rings is 2. The lowest BCUT2D eigenvalue weighted by molar-refractivity contribution is 0.239. The van der Waals surface area contributed by atoms with Crippen molar-refractivity contribution in [2.24, 2.45) is 5.73 Å². The predicted molar refractivity (Wildman–Crippen MR) is 121 cm³/mol. The Morgan fingerprint density at radius 3 is 2.50 bits per heavy atom. The molecule has 0 radical (unpaired) electrons. The van der Waals surface area contributed by atoms with Crippen molar-refractivity contribution in [3.8, 4) is 6.07 Å². The van der Waals surface area contributed by atoms with Crippen LogP contribution in [0, 0.1) is 11.3 Å². The van der Waals surface area contributed by atoms with Gasteiger partial charge in [-0.25, -0.2) is 0 Å². The first-order chi connectivity index (χ1) is 14.5. The number of hydrogen-bond acceptors (Lipinski definition) is 4. The van der Waals surface area contributed by atoms with Gasteiger partial charge in [0.15, 0.2) is 0 Å². The average Bonchev–Trinajstić information content (AvgIpc) is 2.75. The van der Waals surface area contributed by atoms with Gasteiger partial charge in [0.05, 0.1) is 5.92 Å². The highest BCUT2D eigenvalue weighted by Gasteiger charge is 2.38. The van der Waals surface area contributed by atoms with Crippen LogP contribution in [0.2, 0.25) is 10.0 Å². The molecule has 0 saturated carbocycles. The van der Waals surface area contributed by atoms with Crippen molar-refractivity contribution in [3.05, 3.63) is 98.1 Å². The summed E-state index contributed by atoms with van der Waals surface area (Å²) in [5.41, 5.74) is 10.3. The lowest BCUT2D eigenvalue weighted by Gasteiger charge is -2.38. The molecule has 6 heteroatoms. The molecule has 152 valence electrons. The van der Waals surface area contributed by atoms with Gasteiger partial charge >= 0.3 is 0 Å². The monoisotopic (exact) mass is 437 g/mol. The number of hydrogen-bond donors (Lipinski definition) is 1. The van der Waals surface area contributed by atoms with Gasteiger partial charge in [-0.3, -0.25) is 4.90 Å². The molecule has 30 heavy (non-hydrogen) atoms. The third-order valence-electron chi connectivity index (χ3n) is 5.50. The molecule has 0 bridgehead atoms. The van der Waals surface area contributed by atoms with Gasteiger partial charge in [-0.2, -0.15) is 5.26 Å². The summed E-state index contributed by atoms with van der Waals surface area (Å²) in [6.07, 6.45) is 2.04. The van der Waals surface area contributed by atoms with E-state index in [1.807, 2.05) is 54.6 Å². The number of nitriles is 1. The van der Waals surface area contributed by atoms with Gasteiger partial charge in [-0.15, -0.1) is 0 Å². The molecule has 0 aromatic heterocycles. The predicted octanol–water partition coefficient (Wildman–Crippen LogP) is 5.47. The van der Waals surface area contributed by atoms with Gasteiger partial charge in [-0.05, 0) is 41.5 Å². The summed E-state index contributed by atoms with van der Waals surface area (Å²) in [5, 5.41) is 11.1. The second kappa shape index (κ2) is 8.57. The highest BCUT2D eigenvalue weighted by atomic mass is 35.5. The molecule has 0 amide bonds. The topological polar surface area (TPSA) is 62.3 Å². The van der Waals surface area contributed by atoms with Crippen LogP contribution in [0.15, 0.2) is 76.9 Å². The van der Waals surface area contributed by atoms with Crippen molar-refractivity contribution in [1.82, 2.24) is 4.90 Å². The van der Waals surface area contributed by atoms with E-state index in [0.717, 1.165) is 28.8 Å². The smallest absolute Gasteiger partial charge is 0.205 e. The normalized spacial score (nSPS) is 20.7. The molecule has 1 unspecified atom stereocenters. The molecular formula is C24H21Cl2N3O. The first-order valence-corrected chi connectivity index (χ1v) is 10.5. The first kappa shape index (κ1) is 20.6. The van der Waals surface area contributed by atoms with E-state index >= 15 is 0 Å². The van der Waals surface area contributed by atoms with Crippen LogP contribution < -0.4 is 5.73 Å². The second-order valence-corrected chi connectivity index (χ2v) is 8.11. The fourth-order valence-electron chi connectivity index (χ4n) is 4.01. The standard InChI is InChI=1S/C24H21Cl2N3O/c1-2-29-13-16(11-15-7-3-5-9-20(15)25)23-19(14-29)22(18(12-27)24(28)30-23)17-8-4-6-10-21(17)26/h3-11,22H,2,13-14,28H2,1H3. The Bertz CT molecular complexity index is 1130. The average molecular weight is 438 g/mol. The van der Waals surface area contributed by atoms with E-state index in [4.69, 9.17) is 33.7 Å². The van der Waals surface area contributed by atoms with E-state index in [-0.39, 0.29) is 11.8 Å². The summed E-state index contributed by atoms with van der Waals surface area (Å²) >= 11 is 12.9. The summed E-state index contributed by atoms with van der Waals surface area (Å²) in [7, 11) is 0. The third-order valence-corrected chi connectivity index (χ3v) is 6.19. The second-order valence-electron chi connectivity index (χ2n) is 7.30. The van der Waals surface area contributed by atoms with Crippen LogP contribution in [-0.4, -0.2) is 24.5 Å². The van der Waals surface area contributed by atoms with Gasteiger partial charge in [0, 0.05) is 28.7 Å². The maximum Gasteiger partial charge on any atom is 0.205 e. The SMILES string of the molecule is CCN1CC(=Cc2ccccc2Cl)C2=C(C1)C(c1ccccc1Cl)C(C#N)=C(N)O2. The molecule has 4 rings (SSSR count). The molecule has 2 aliphatic heterocycles. The summed E-state index contributed by atoms with van der Waals surface area (Å²) in [4.78, 5) is 2.30. The Kier molecular flexibility index (Phi) is 5.87. The van der Waals surface area contributed by atoms with Crippen LogP contribution >= 0.6 is 23.2 Å². The summed E-state index contributed by atoms with van der Waals surface area (Å²) in [6, 6.07) is 17.5. The van der Waals surface area contributed by atoms with E-state index in [1.54, 1.807) is 0 Å². The van der Waals surface area contributed by atoms with E-state index in [9.17, 15) is 5.26 Å². The van der Waals surface area contributed by atoms with Gasteiger partial charge in [-0.1, -0.05) is 66.5 Å². The van der Waals surface area contributed by atoms with Gasteiger partial charge in [0.25, 0.3) is 0 Å². The Morgan fingerprint density at radius 1 is 1.13 bits per heavy atom. The van der Waals surface area contributed by atoms with E-state index in [0.29, 0.717) is 34.5 Å². The minimum Gasteiger partial charge on any atom is -0.440 e. The van der Waals surface area contributed by atoms with Crippen molar-refractivity contribution in [1.29, 1.82) is 5.26 Å². The van der Waals surface area contributed by atoms with Crippen molar-refractivity contribution in [2.45, 2.75) is 12.8 Å². The zero-order chi connectivity index (χ0) is 21.3. The molecular weight excluding hydrogens is 417 g/mol. The van der Waals surface area contributed by atoms with E-state index in [2.05, 4.69) is 17.9 Å². The number of rotatable bonds is 3. The van der Waals surface area contributed by atoms with Crippen LogP contribution in [0.1, 0.15) is 24.0 Å². The Balaban J connectivity index is 1.92. The van der Waals surface area contributed by atoms with Crippen LogP contribution in [0.3, 0.4) is 0 Å². The zero-order valence-corrected chi connectivity index (χ0v) is 18.0. The molecule has 0 spiro atoms. The quantitative estimate of drug-likeness (QED) is 0.690. The van der Waals surface area contributed by atoms with Crippen LogP contribution in [0.4, 0.5) is 0 Å². The van der Waals surface area contributed by atoms with Crippen LogP contribution in [0.25, 0.3) is 6.08 Å². The number of nitrogens with two attached hydrogens (primary N) is 1. The molecule has 4 nitrogen and oxygen atoms in total. The van der Waals surface area contributed by atoms with Gasteiger partial charge in [0.2, 0.25) is 5.88 Å². The molecule has 0 aliphatic carbocycles. The number of allylic oxidation sites excluding steroid dienone is 1. The highest BCUT2D eigenvalue weighted by molar-refractivity contribution is 6.32. The largest absolute Gasteiger partial charge is 0.440 e. The molecule has 0 fully saturated rings. The van der Waals surface area contributed by atoms with Crippen molar-refractivity contribution < 1.29 is 4.74 Å². The molecule has 2 aliphatic rings. The number of halogens is 2. The lowest BCUT2D eigenvalue weighted by Crippen LogP contribution is -2.38. The summed E-state index contributed by atoms with van der Waals surface area (Å²) in [6.45, 7) is 4.33. The van der Waals surface area contributed by atoms with Gasteiger partial charge in [0.1, 0.15) is 17.4 Å². The van der Waals surface area contributed by atoms with E-state index < -0.39 is 0 Å². The van der Waals surface area contributed by atoms with Crippen molar-refractivity contribution >= 4 is 29.3 Å². The van der Waals surface area contributed by atoms with Crippen LogP contribution in [0.5, 0.6) is 0 Å². The molecule has 1 atom stereocenters. The maximum atomic E-state index is 9.86. The Morgan fingerprint density at radius 2 is 1.83 bits per heavy atom. The summed E-state index contributed by atoms with van der Waals surface area (Å²) in [5.74, 6) is 0.480. The molecule has 2 aromatic carbocycles. The number of ether oxygens (including phenoxy) is 1. The molecule has 2 aromatic rings. The van der Waals surface area contributed by atoms with Crippen molar-refractivity contribution in [3.63, 3.8) is 0 Å².